The van der Waals surface area contributed by atoms with Crippen LogP contribution in [0.3, 0.4) is 0 Å². The molecule has 3 aromatic rings. The van der Waals surface area contributed by atoms with Crippen LogP contribution in [0, 0.1) is 0 Å². The number of benzene rings is 2. The molecule has 0 fully saturated rings. The van der Waals surface area contributed by atoms with Crippen molar-refractivity contribution in [3.8, 4) is 11.3 Å². The Hall–Kier alpha value is -2.15. The fraction of sp³-hybridized carbons (Fsp3) is 0.167. The molecule has 0 amide bonds. The summed E-state index contributed by atoms with van der Waals surface area (Å²) in [5.74, 6) is 0.564. The van der Waals surface area contributed by atoms with E-state index in [9.17, 15) is 0 Å². The number of hydrogen-bond acceptors (Lipinski definition) is 1. The van der Waals surface area contributed by atoms with Gasteiger partial charge in [-0.25, -0.2) is 0 Å². The number of hydrogen-bond donors (Lipinski definition) is 0. The molecular weight excluding hydrogens is 230 g/mol. The van der Waals surface area contributed by atoms with E-state index >= 15 is 0 Å². The van der Waals surface area contributed by atoms with E-state index in [2.05, 4.69) is 73.4 Å². The van der Waals surface area contributed by atoms with Crippen LogP contribution in [-0.4, -0.2) is 4.98 Å². The first-order valence-corrected chi connectivity index (χ1v) is 6.70. The van der Waals surface area contributed by atoms with Crippen molar-refractivity contribution in [1.82, 2.24) is 4.98 Å². The van der Waals surface area contributed by atoms with E-state index in [1.54, 1.807) is 0 Å². The molecule has 94 valence electrons. The molecule has 1 nitrogen and oxygen atoms in total. The molecule has 0 saturated heterocycles. The lowest BCUT2D eigenvalue weighted by Crippen LogP contribution is -1.89. The van der Waals surface area contributed by atoms with Crippen molar-refractivity contribution in [1.29, 1.82) is 0 Å². The molecule has 0 N–H and O–H groups in total. The van der Waals surface area contributed by atoms with Gasteiger partial charge in [0.15, 0.2) is 0 Å². The maximum atomic E-state index is 4.55. The maximum Gasteiger partial charge on any atom is 0.0780 e. The third kappa shape index (κ3) is 2.24. The molecule has 0 aliphatic heterocycles. The number of fused-ring (bicyclic) bond motifs is 1. The molecule has 1 aromatic heterocycles. The number of nitrogens with zero attached hydrogens (tertiary/aromatic N) is 1. The molecular formula is C18H17N. The summed E-state index contributed by atoms with van der Waals surface area (Å²) in [5.41, 5.74) is 3.61. The van der Waals surface area contributed by atoms with Crippen LogP contribution in [0.4, 0.5) is 0 Å². The predicted octanol–water partition coefficient (Wildman–Crippen LogP) is 5.03. The molecule has 0 atom stereocenters. The van der Waals surface area contributed by atoms with E-state index < -0.39 is 0 Å². The Morgan fingerprint density at radius 3 is 2.32 bits per heavy atom. The van der Waals surface area contributed by atoms with Crippen LogP contribution in [0.25, 0.3) is 22.0 Å². The molecule has 0 aliphatic rings. The molecule has 3 rings (SSSR count). The highest BCUT2D eigenvalue weighted by Crippen LogP contribution is 2.27. The molecule has 1 heteroatoms. The number of aromatic nitrogens is 1. The van der Waals surface area contributed by atoms with Crippen LogP contribution in [0.2, 0.25) is 0 Å². The minimum absolute atomic E-state index is 0.564. The van der Waals surface area contributed by atoms with Gasteiger partial charge in [-0.2, -0.15) is 0 Å². The summed E-state index contributed by atoms with van der Waals surface area (Å²) >= 11 is 0. The highest BCUT2D eigenvalue weighted by molar-refractivity contribution is 5.94. The average molecular weight is 247 g/mol. The van der Waals surface area contributed by atoms with Gasteiger partial charge in [0.2, 0.25) is 0 Å². The predicted molar refractivity (Wildman–Crippen MR) is 81.3 cm³/mol. The van der Waals surface area contributed by atoms with Gasteiger partial charge in [0.1, 0.15) is 0 Å². The third-order valence-corrected chi connectivity index (χ3v) is 3.52. The minimum atomic E-state index is 0.564. The molecule has 0 radical (unpaired) electrons. The van der Waals surface area contributed by atoms with Gasteiger partial charge in [0, 0.05) is 17.1 Å². The molecule has 19 heavy (non-hydrogen) atoms. The Morgan fingerprint density at radius 1 is 0.842 bits per heavy atom. The molecule has 0 saturated carbocycles. The normalized spacial score (nSPS) is 11.1. The van der Waals surface area contributed by atoms with Crippen molar-refractivity contribution in [2.24, 2.45) is 0 Å². The van der Waals surface area contributed by atoms with Gasteiger partial charge in [0.05, 0.1) is 5.69 Å². The van der Waals surface area contributed by atoms with Gasteiger partial charge < -0.3 is 0 Å². The maximum absolute atomic E-state index is 4.55. The second-order valence-corrected chi connectivity index (χ2v) is 5.16. The summed E-state index contributed by atoms with van der Waals surface area (Å²) < 4.78 is 0. The highest BCUT2D eigenvalue weighted by Gasteiger charge is 2.05. The SMILES string of the molecule is CC(C)c1ccc(-c2nccc3ccccc23)cc1. The van der Waals surface area contributed by atoms with Crippen molar-refractivity contribution >= 4 is 10.8 Å². The van der Waals surface area contributed by atoms with Gasteiger partial charge >= 0.3 is 0 Å². The Morgan fingerprint density at radius 2 is 1.58 bits per heavy atom. The summed E-state index contributed by atoms with van der Waals surface area (Å²) in [5, 5.41) is 2.45. The van der Waals surface area contributed by atoms with Crippen LogP contribution < -0.4 is 0 Å². The van der Waals surface area contributed by atoms with Gasteiger partial charge in [-0.05, 0) is 22.9 Å². The Kier molecular flexibility index (Phi) is 3.04. The first kappa shape index (κ1) is 11.9. The van der Waals surface area contributed by atoms with Crippen molar-refractivity contribution < 1.29 is 0 Å². The smallest absolute Gasteiger partial charge is 0.0780 e. The largest absolute Gasteiger partial charge is 0.256 e. The monoisotopic (exact) mass is 247 g/mol. The highest BCUT2D eigenvalue weighted by atomic mass is 14.7. The Bertz CT molecular complexity index is 691. The van der Waals surface area contributed by atoms with E-state index in [4.69, 9.17) is 0 Å². The molecule has 0 unspecified atom stereocenters. The third-order valence-electron chi connectivity index (χ3n) is 3.52. The lowest BCUT2D eigenvalue weighted by atomic mass is 9.99. The van der Waals surface area contributed by atoms with Gasteiger partial charge in [-0.1, -0.05) is 62.4 Å². The van der Waals surface area contributed by atoms with Crippen LogP contribution in [-0.2, 0) is 0 Å². The topological polar surface area (TPSA) is 12.9 Å². The molecule has 0 bridgehead atoms. The summed E-state index contributed by atoms with van der Waals surface area (Å²) in [6, 6.07) is 19.2. The van der Waals surface area contributed by atoms with Crippen molar-refractivity contribution in [2.75, 3.05) is 0 Å². The fourth-order valence-electron chi connectivity index (χ4n) is 2.38. The van der Waals surface area contributed by atoms with Crippen LogP contribution in [0.5, 0.6) is 0 Å². The summed E-state index contributed by atoms with van der Waals surface area (Å²) in [4.78, 5) is 4.55. The van der Waals surface area contributed by atoms with Crippen LogP contribution >= 0.6 is 0 Å². The van der Waals surface area contributed by atoms with Crippen LogP contribution in [0.15, 0.2) is 60.8 Å². The first-order chi connectivity index (χ1) is 9.25. The standard InChI is InChI=1S/C18H17N/c1-13(2)14-7-9-16(10-8-14)18-17-6-4-3-5-15(17)11-12-19-18/h3-13H,1-2H3. The quantitative estimate of drug-likeness (QED) is 0.619. The lowest BCUT2D eigenvalue weighted by molar-refractivity contribution is 0.867. The summed E-state index contributed by atoms with van der Waals surface area (Å²) in [7, 11) is 0. The molecule has 0 spiro atoms. The second kappa shape index (κ2) is 4.85. The summed E-state index contributed by atoms with van der Waals surface area (Å²) in [6.07, 6.45) is 1.88. The first-order valence-electron chi connectivity index (χ1n) is 6.70. The molecule has 2 aromatic carbocycles. The second-order valence-electron chi connectivity index (χ2n) is 5.16. The Labute approximate surface area is 113 Å². The number of pyridine rings is 1. The summed E-state index contributed by atoms with van der Waals surface area (Å²) in [6.45, 7) is 4.43. The lowest BCUT2D eigenvalue weighted by Gasteiger charge is -2.08. The average Bonchev–Trinajstić information content (AvgIpc) is 2.47. The molecule has 1 heterocycles. The Balaban J connectivity index is 2.14. The zero-order chi connectivity index (χ0) is 13.2. The van der Waals surface area contributed by atoms with Gasteiger partial charge in [0.25, 0.3) is 0 Å². The van der Waals surface area contributed by atoms with Crippen molar-refractivity contribution in [3.05, 3.63) is 66.4 Å². The van der Waals surface area contributed by atoms with Gasteiger partial charge in [-0.3, -0.25) is 4.98 Å². The van der Waals surface area contributed by atoms with E-state index in [0.29, 0.717) is 5.92 Å². The van der Waals surface area contributed by atoms with E-state index in [1.165, 1.54) is 21.9 Å². The zero-order valence-electron chi connectivity index (χ0n) is 11.3. The van der Waals surface area contributed by atoms with Gasteiger partial charge in [-0.15, -0.1) is 0 Å². The molecule has 0 aliphatic carbocycles. The van der Waals surface area contributed by atoms with E-state index in [0.717, 1.165) is 5.69 Å². The van der Waals surface area contributed by atoms with E-state index in [1.807, 2.05) is 6.20 Å². The minimum Gasteiger partial charge on any atom is -0.256 e. The fourth-order valence-corrected chi connectivity index (χ4v) is 2.38. The van der Waals surface area contributed by atoms with Crippen LogP contribution in [0.1, 0.15) is 25.3 Å². The van der Waals surface area contributed by atoms with Crippen molar-refractivity contribution in [2.45, 2.75) is 19.8 Å². The van der Waals surface area contributed by atoms with E-state index in [-0.39, 0.29) is 0 Å². The van der Waals surface area contributed by atoms with Crippen molar-refractivity contribution in [3.63, 3.8) is 0 Å². The number of rotatable bonds is 2. The zero-order valence-corrected chi connectivity index (χ0v) is 11.3.